The molecule has 0 radical (unpaired) electrons. The van der Waals surface area contributed by atoms with Crippen molar-refractivity contribution in [3.05, 3.63) is 64.4 Å². The number of aromatic nitrogens is 1. The van der Waals surface area contributed by atoms with Crippen molar-refractivity contribution in [3.63, 3.8) is 0 Å². The Kier molecular flexibility index (Phi) is 5.00. The van der Waals surface area contributed by atoms with Crippen LogP contribution in [0.25, 0.3) is 0 Å². The number of aliphatic hydroxyl groups excluding tert-OH is 1. The predicted molar refractivity (Wildman–Crippen MR) is 101 cm³/mol. The van der Waals surface area contributed by atoms with Crippen LogP contribution in [0.15, 0.2) is 42.6 Å². The van der Waals surface area contributed by atoms with Crippen LogP contribution in [0.5, 0.6) is 0 Å². The van der Waals surface area contributed by atoms with E-state index in [1.807, 2.05) is 18.2 Å². The van der Waals surface area contributed by atoms with Gasteiger partial charge in [0.05, 0.1) is 11.8 Å². The van der Waals surface area contributed by atoms with E-state index in [0.717, 1.165) is 30.6 Å². The first-order valence-electron chi connectivity index (χ1n) is 9.33. The summed E-state index contributed by atoms with van der Waals surface area (Å²) in [6.45, 7) is 2.33. The second-order valence-electron chi connectivity index (χ2n) is 7.62. The van der Waals surface area contributed by atoms with Gasteiger partial charge in [0.25, 0.3) is 0 Å². The Balaban J connectivity index is 1.38. The number of alkyl halides is 1. The minimum atomic E-state index is -1.34. The Hall–Kier alpha value is -1.49. The molecule has 0 saturated carbocycles. The first-order chi connectivity index (χ1) is 12.5. The summed E-state index contributed by atoms with van der Waals surface area (Å²) in [5.74, 6) is 0.383. The molecule has 2 aromatic rings. The van der Waals surface area contributed by atoms with E-state index in [1.165, 1.54) is 0 Å². The highest BCUT2D eigenvalue weighted by Crippen LogP contribution is 2.41. The van der Waals surface area contributed by atoms with Gasteiger partial charge in [-0.1, -0.05) is 35.9 Å². The third-order valence-electron chi connectivity index (χ3n) is 5.83. The lowest BCUT2D eigenvalue weighted by molar-refractivity contribution is 0.0399. The largest absolute Gasteiger partial charge is 0.387 e. The van der Waals surface area contributed by atoms with Gasteiger partial charge in [0.2, 0.25) is 0 Å². The number of hydrogen-bond acceptors (Lipinski definition) is 3. The number of fused-ring (bicyclic) bond motifs is 1. The van der Waals surface area contributed by atoms with Gasteiger partial charge in [-0.05, 0) is 49.3 Å². The number of likely N-dealkylation sites (tertiary alicyclic amines) is 1. The van der Waals surface area contributed by atoms with Crippen molar-refractivity contribution < 1.29 is 9.50 Å². The molecule has 1 aliphatic carbocycles. The summed E-state index contributed by atoms with van der Waals surface area (Å²) in [7, 11) is 0. The maximum atomic E-state index is 15.4. The molecule has 2 heterocycles. The van der Waals surface area contributed by atoms with Gasteiger partial charge in [0.1, 0.15) is 5.67 Å². The van der Waals surface area contributed by atoms with Gasteiger partial charge in [-0.3, -0.25) is 4.98 Å². The number of halogens is 2. The van der Waals surface area contributed by atoms with Crippen LogP contribution in [0, 0.1) is 5.92 Å². The summed E-state index contributed by atoms with van der Waals surface area (Å²) in [6, 6.07) is 11.2. The minimum absolute atomic E-state index is 0.383. The fraction of sp³-hybridized carbons (Fsp3) is 0.476. The molecule has 1 aromatic heterocycles. The average Bonchev–Trinajstić information content (AvgIpc) is 2.64. The average molecular weight is 375 g/mol. The fourth-order valence-corrected chi connectivity index (χ4v) is 4.74. The zero-order valence-corrected chi connectivity index (χ0v) is 15.5. The van der Waals surface area contributed by atoms with Crippen LogP contribution in [0.1, 0.15) is 42.2 Å². The molecule has 1 aromatic carbocycles. The molecule has 2 atom stereocenters. The predicted octanol–water partition coefficient (Wildman–Crippen LogP) is 4.29. The molecule has 138 valence electrons. The molecule has 2 aliphatic rings. The monoisotopic (exact) mass is 374 g/mol. The molecule has 1 saturated heterocycles. The lowest BCUT2D eigenvalue weighted by atomic mass is 9.82. The van der Waals surface area contributed by atoms with Crippen LogP contribution < -0.4 is 0 Å². The second-order valence-corrected chi connectivity index (χ2v) is 8.02. The van der Waals surface area contributed by atoms with Gasteiger partial charge in [0.15, 0.2) is 0 Å². The smallest absolute Gasteiger partial charge is 0.139 e. The minimum Gasteiger partial charge on any atom is -0.387 e. The van der Waals surface area contributed by atoms with Crippen LogP contribution in [-0.4, -0.2) is 34.6 Å². The molecular weight excluding hydrogens is 351 g/mol. The number of rotatable bonds is 3. The number of piperidine rings is 1. The molecule has 1 fully saturated rings. The maximum Gasteiger partial charge on any atom is 0.139 e. The molecule has 3 nitrogen and oxygen atoms in total. The Morgan fingerprint density at radius 1 is 1.19 bits per heavy atom. The van der Waals surface area contributed by atoms with E-state index in [9.17, 15) is 5.11 Å². The van der Waals surface area contributed by atoms with Gasteiger partial charge in [-0.25, -0.2) is 4.39 Å². The molecule has 0 unspecified atom stereocenters. The van der Waals surface area contributed by atoms with Crippen molar-refractivity contribution in [2.24, 2.45) is 5.92 Å². The highest BCUT2D eigenvalue weighted by Gasteiger charge is 2.38. The van der Waals surface area contributed by atoms with Crippen LogP contribution in [0.4, 0.5) is 4.39 Å². The topological polar surface area (TPSA) is 36.4 Å². The third-order valence-corrected chi connectivity index (χ3v) is 6.16. The number of aliphatic hydroxyl groups is 1. The van der Waals surface area contributed by atoms with Crippen LogP contribution in [-0.2, 0) is 12.1 Å². The van der Waals surface area contributed by atoms with Crippen molar-refractivity contribution in [1.29, 1.82) is 0 Å². The molecule has 0 spiro atoms. The lowest BCUT2D eigenvalue weighted by Crippen LogP contribution is -2.43. The highest BCUT2D eigenvalue weighted by molar-refractivity contribution is 6.31. The summed E-state index contributed by atoms with van der Waals surface area (Å²) in [6.07, 6.45) is 3.84. The summed E-state index contributed by atoms with van der Waals surface area (Å²) in [5.41, 5.74) is 1.25. The third kappa shape index (κ3) is 3.51. The SMILES string of the molecule is O[C@H]1C[C@H](CN2CCC(F)(c3ccccc3Cl)CC2)Cc2cccnc21. The van der Waals surface area contributed by atoms with Crippen molar-refractivity contribution in [2.75, 3.05) is 19.6 Å². The van der Waals surface area contributed by atoms with Crippen LogP contribution >= 0.6 is 11.6 Å². The van der Waals surface area contributed by atoms with Crippen molar-refractivity contribution in [3.8, 4) is 0 Å². The van der Waals surface area contributed by atoms with Gasteiger partial charge in [-0.15, -0.1) is 0 Å². The normalized spacial score (nSPS) is 25.7. The number of nitrogens with zero attached hydrogens (tertiary/aromatic N) is 2. The molecule has 26 heavy (non-hydrogen) atoms. The zero-order chi connectivity index (χ0) is 18.1. The van der Waals surface area contributed by atoms with E-state index in [-0.39, 0.29) is 0 Å². The maximum absolute atomic E-state index is 15.4. The van der Waals surface area contributed by atoms with Crippen molar-refractivity contribution in [1.82, 2.24) is 9.88 Å². The second kappa shape index (κ2) is 7.26. The van der Waals surface area contributed by atoms with Crippen LogP contribution in [0.3, 0.4) is 0 Å². The Morgan fingerprint density at radius 2 is 1.96 bits per heavy atom. The number of benzene rings is 1. The molecule has 0 amide bonds. The summed E-state index contributed by atoms with van der Waals surface area (Å²) < 4.78 is 15.4. The highest BCUT2D eigenvalue weighted by atomic mass is 35.5. The van der Waals surface area contributed by atoms with E-state index < -0.39 is 11.8 Å². The molecule has 1 N–H and O–H groups in total. The van der Waals surface area contributed by atoms with Gasteiger partial charge < -0.3 is 10.0 Å². The van der Waals surface area contributed by atoms with E-state index >= 15 is 4.39 Å². The summed E-state index contributed by atoms with van der Waals surface area (Å²) >= 11 is 6.22. The standard InChI is InChI=1S/C21H24ClFN2O/c22-18-6-2-1-5-17(18)21(23)7-10-25(11-8-21)14-15-12-16-4-3-9-24-20(16)19(26)13-15/h1-6,9,15,19,26H,7-8,10-14H2/t15-,19+/m1/s1. The summed E-state index contributed by atoms with van der Waals surface area (Å²) in [5, 5.41) is 10.9. The zero-order valence-electron chi connectivity index (χ0n) is 14.7. The first kappa shape index (κ1) is 17.9. The Bertz CT molecular complexity index is 776. The van der Waals surface area contributed by atoms with Crippen LogP contribution in [0.2, 0.25) is 5.02 Å². The van der Waals surface area contributed by atoms with Crippen molar-refractivity contribution in [2.45, 2.75) is 37.5 Å². The first-order valence-corrected chi connectivity index (χ1v) is 9.71. The van der Waals surface area contributed by atoms with Gasteiger partial charge >= 0.3 is 0 Å². The fourth-order valence-electron chi connectivity index (χ4n) is 4.43. The molecular formula is C21H24ClFN2O. The molecule has 5 heteroatoms. The van der Waals surface area contributed by atoms with Crippen molar-refractivity contribution >= 4 is 11.6 Å². The number of pyridine rings is 1. The van der Waals surface area contributed by atoms with E-state index in [0.29, 0.717) is 42.4 Å². The summed E-state index contributed by atoms with van der Waals surface area (Å²) in [4.78, 5) is 6.64. The number of hydrogen-bond donors (Lipinski definition) is 1. The molecule has 4 rings (SSSR count). The lowest BCUT2D eigenvalue weighted by Gasteiger charge is -2.39. The quantitative estimate of drug-likeness (QED) is 0.870. The Labute approximate surface area is 158 Å². The molecule has 1 aliphatic heterocycles. The van der Waals surface area contributed by atoms with E-state index in [1.54, 1.807) is 18.3 Å². The van der Waals surface area contributed by atoms with Gasteiger partial charge in [-0.2, -0.15) is 0 Å². The van der Waals surface area contributed by atoms with Gasteiger partial charge in [0, 0.05) is 36.4 Å². The Morgan fingerprint density at radius 3 is 2.73 bits per heavy atom. The van der Waals surface area contributed by atoms with E-state index in [4.69, 9.17) is 11.6 Å². The molecule has 0 bridgehead atoms. The van der Waals surface area contributed by atoms with E-state index in [2.05, 4.69) is 16.0 Å².